The van der Waals surface area contributed by atoms with Crippen molar-refractivity contribution in [1.29, 1.82) is 0 Å². The smallest absolute Gasteiger partial charge is 0.115 e. The molecule has 0 saturated carbocycles. The monoisotopic (exact) mass is 119 g/mol. The first-order valence-electron chi connectivity index (χ1n) is 2.99. The zero-order valence-electron chi connectivity index (χ0n) is 4.99. The van der Waals surface area contributed by atoms with Gasteiger partial charge in [0, 0.05) is 18.8 Å². The van der Waals surface area contributed by atoms with E-state index in [1.54, 1.807) is 0 Å². The number of hydrogen-bond acceptors (Lipinski definition) is 2. The van der Waals surface area contributed by atoms with Crippen LogP contribution in [0.1, 0.15) is 6.42 Å². The summed E-state index contributed by atoms with van der Waals surface area (Å²) in [5, 5.41) is 5.98. The largest absolute Gasteiger partial charge is 0.260 e. The van der Waals surface area contributed by atoms with Crippen molar-refractivity contribution in [3.8, 4) is 0 Å². The molecule has 0 bridgehead atoms. The van der Waals surface area contributed by atoms with Gasteiger partial charge in [-0.1, -0.05) is 12.2 Å². The van der Waals surface area contributed by atoms with Crippen LogP contribution in [0.3, 0.4) is 0 Å². The quantitative estimate of drug-likeness (QED) is 0.469. The Morgan fingerprint density at radius 2 is 2.44 bits per heavy atom. The van der Waals surface area contributed by atoms with Crippen molar-refractivity contribution in [2.45, 2.75) is 6.42 Å². The van der Waals surface area contributed by atoms with Crippen molar-refractivity contribution >= 4 is 6.21 Å². The van der Waals surface area contributed by atoms with Gasteiger partial charge >= 0.3 is 0 Å². The second-order valence-electron chi connectivity index (χ2n) is 2.04. The van der Waals surface area contributed by atoms with E-state index in [-0.39, 0.29) is 0 Å². The number of hydrogen-bond donors (Lipinski definition) is 0. The van der Waals surface area contributed by atoms with Crippen LogP contribution in [0.15, 0.2) is 29.5 Å². The Hall–Kier alpha value is -1.05. The fourth-order valence-electron chi connectivity index (χ4n) is 0.966. The number of nitrogens with zero attached hydrogens (tertiary/aromatic N) is 2. The number of allylic oxidation sites excluding steroid dienone is 2. The van der Waals surface area contributed by atoms with Gasteiger partial charge in [-0.3, -0.25) is 5.01 Å². The minimum atomic E-state index is 0.973. The number of rotatable bonds is 0. The van der Waals surface area contributed by atoms with Gasteiger partial charge in [-0.05, 0) is 6.08 Å². The third kappa shape index (κ3) is 0.669. The molecule has 0 aromatic carbocycles. The Kier molecular flexibility index (Phi) is 0.918. The first-order chi connectivity index (χ1) is 4.47. The topological polar surface area (TPSA) is 15.6 Å². The minimum Gasteiger partial charge on any atom is -0.260 e. The van der Waals surface area contributed by atoms with Crippen molar-refractivity contribution in [2.24, 2.45) is 5.10 Å². The van der Waals surface area contributed by atoms with Crippen LogP contribution in [0.5, 0.6) is 0 Å². The highest BCUT2D eigenvalue weighted by atomic mass is 15.5. The highest BCUT2D eigenvalue weighted by Gasteiger charge is 2.17. The van der Waals surface area contributed by atoms with Crippen LogP contribution in [-0.2, 0) is 0 Å². The normalized spacial score (nSPS) is 23.3. The van der Waals surface area contributed by atoms with E-state index in [0.29, 0.717) is 0 Å². The molecule has 45 valence electrons. The average Bonchev–Trinajstić information content (AvgIpc) is 2.33. The van der Waals surface area contributed by atoms with Gasteiger partial charge in [-0.2, -0.15) is 5.10 Å². The Morgan fingerprint density at radius 1 is 1.44 bits per heavy atom. The molecule has 2 heterocycles. The molecule has 0 amide bonds. The third-order valence-electron chi connectivity index (χ3n) is 1.43. The molecular weight excluding hydrogens is 112 g/mol. The summed E-state index contributed by atoms with van der Waals surface area (Å²) in [5.74, 6) is 0. The molecule has 0 aromatic rings. The van der Waals surface area contributed by atoms with E-state index in [0.717, 1.165) is 6.42 Å². The molecule has 0 fully saturated rings. The Morgan fingerprint density at radius 3 is 3.33 bits per heavy atom. The van der Waals surface area contributed by atoms with Crippen LogP contribution in [0.4, 0.5) is 0 Å². The summed E-state index contributed by atoms with van der Waals surface area (Å²) < 4.78 is 0. The van der Waals surface area contributed by atoms with Gasteiger partial charge in [0.2, 0.25) is 0 Å². The fourth-order valence-corrected chi connectivity index (χ4v) is 0.966. The van der Waals surface area contributed by atoms with Crippen LogP contribution >= 0.6 is 0 Å². The van der Waals surface area contributed by atoms with E-state index in [1.165, 1.54) is 6.04 Å². The summed E-state index contributed by atoms with van der Waals surface area (Å²) in [6.45, 7) is 0. The van der Waals surface area contributed by atoms with Gasteiger partial charge < -0.3 is 0 Å². The van der Waals surface area contributed by atoms with Crippen LogP contribution in [0.25, 0.3) is 0 Å². The van der Waals surface area contributed by atoms with Crippen LogP contribution in [0, 0.1) is 6.04 Å². The minimum absolute atomic E-state index is 0.973. The SMILES string of the molecule is C1=C[C]2CC=NN2C=C1. The van der Waals surface area contributed by atoms with Crippen molar-refractivity contribution in [3.05, 3.63) is 30.5 Å². The molecule has 2 aliphatic heterocycles. The van der Waals surface area contributed by atoms with E-state index >= 15 is 0 Å². The van der Waals surface area contributed by atoms with Gasteiger partial charge in [0.1, 0.15) is 6.04 Å². The summed E-state index contributed by atoms with van der Waals surface area (Å²) in [4.78, 5) is 0. The van der Waals surface area contributed by atoms with Crippen molar-refractivity contribution in [1.82, 2.24) is 5.01 Å². The molecule has 2 heteroatoms. The summed E-state index contributed by atoms with van der Waals surface area (Å²) in [7, 11) is 0. The zero-order chi connectivity index (χ0) is 6.10. The van der Waals surface area contributed by atoms with E-state index < -0.39 is 0 Å². The molecule has 0 saturated heterocycles. The van der Waals surface area contributed by atoms with Crippen molar-refractivity contribution in [3.63, 3.8) is 0 Å². The van der Waals surface area contributed by atoms with Gasteiger partial charge in [0.05, 0.1) is 0 Å². The van der Waals surface area contributed by atoms with Gasteiger partial charge in [0.15, 0.2) is 0 Å². The third-order valence-corrected chi connectivity index (χ3v) is 1.43. The van der Waals surface area contributed by atoms with Crippen LogP contribution in [-0.4, -0.2) is 11.2 Å². The summed E-state index contributed by atoms with van der Waals surface area (Å²) in [6.07, 6.45) is 10.9. The molecule has 0 unspecified atom stereocenters. The van der Waals surface area contributed by atoms with E-state index in [9.17, 15) is 0 Å². The van der Waals surface area contributed by atoms with Gasteiger partial charge in [-0.15, -0.1) is 0 Å². The molecule has 2 aliphatic rings. The summed E-state index contributed by atoms with van der Waals surface area (Å²) in [6, 6.07) is 1.26. The maximum atomic E-state index is 4.09. The maximum absolute atomic E-state index is 4.09. The van der Waals surface area contributed by atoms with E-state index in [4.69, 9.17) is 0 Å². The molecule has 2 nitrogen and oxygen atoms in total. The molecule has 0 spiro atoms. The van der Waals surface area contributed by atoms with Crippen molar-refractivity contribution in [2.75, 3.05) is 0 Å². The number of hydrazone groups is 1. The molecule has 9 heavy (non-hydrogen) atoms. The molecule has 0 atom stereocenters. The lowest BCUT2D eigenvalue weighted by Crippen LogP contribution is -2.11. The molecule has 0 aliphatic carbocycles. The predicted octanol–water partition coefficient (Wildman–Crippen LogP) is 1.29. The highest BCUT2D eigenvalue weighted by Crippen LogP contribution is 2.22. The second kappa shape index (κ2) is 1.72. The summed E-state index contributed by atoms with van der Waals surface area (Å²) in [5.41, 5.74) is 0. The van der Waals surface area contributed by atoms with Crippen molar-refractivity contribution < 1.29 is 0 Å². The average molecular weight is 119 g/mol. The lowest BCUT2D eigenvalue weighted by Gasteiger charge is -2.16. The zero-order valence-corrected chi connectivity index (χ0v) is 4.99. The molecule has 1 radical (unpaired) electrons. The molecular formula is C7H7N2. The first-order valence-corrected chi connectivity index (χ1v) is 2.99. The fraction of sp³-hybridized carbons (Fsp3) is 0.143. The van der Waals surface area contributed by atoms with E-state index in [1.807, 2.05) is 29.6 Å². The van der Waals surface area contributed by atoms with Gasteiger partial charge in [0.25, 0.3) is 0 Å². The lowest BCUT2D eigenvalue weighted by atomic mass is 10.2. The standard InChI is InChI=1S/C7H7N2/c1-2-6-9-7(3-1)4-5-8-9/h1-3,5-6H,4H2. The van der Waals surface area contributed by atoms with Gasteiger partial charge in [-0.25, -0.2) is 0 Å². The predicted molar refractivity (Wildman–Crippen MR) is 36.5 cm³/mol. The molecule has 2 rings (SSSR count). The second-order valence-corrected chi connectivity index (χ2v) is 2.04. The lowest BCUT2D eigenvalue weighted by molar-refractivity contribution is 0.459. The first kappa shape index (κ1) is 4.79. The van der Waals surface area contributed by atoms with Crippen LogP contribution < -0.4 is 0 Å². The molecule has 0 aromatic heterocycles. The summed E-state index contributed by atoms with van der Waals surface area (Å²) >= 11 is 0. The number of fused-ring (bicyclic) bond motifs is 1. The Bertz CT molecular complexity index is 191. The van der Waals surface area contributed by atoms with Crippen LogP contribution in [0.2, 0.25) is 0 Å². The van der Waals surface area contributed by atoms with E-state index in [2.05, 4.69) is 11.2 Å². The maximum Gasteiger partial charge on any atom is 0.115 e. The Balaban J connectivity index is 2.25. The molecule has 0 N–H and O–H groups in total. The Labute approximate surface area is 54.2 Å². The highest BCUT2D eigenvalue weighted by molar-refractivity contribution is 5.64.